The molecule has 0 aliphatic carbocycles. The van der Waals surface area contributed by atoms with Crippen LogP contribution in [0.1, 0.15) is 12.5 Å². The Kier molecular flexibility index (Phi) is 6.71. The summed E-state index contributed by atoms with van der Waals surface area (Å²) in [5.41, 5.74) is 2.05. The molecule has 1 aliphatic rings. The molecule has 0 bridgehead atoms. The number of benzene rings is 1. The summed E-state index contributed by atoms with van der Waals surface area (Å²) in [6.45, 7) is 4.75. The van der Waals surface area contributed by atoms with Gasteiger partial charge in [0.05, 0.1) is 0 Å². The molecule has 1 aromatic heterocycles. The van der Waals surface area contributed by atoms with E-state index in [1.54, 1.807) is 24.2 Å². The average Bonchev–Trinajstić information content (AvgIpc) is 2.73. The number of anilines is 1. The van der Waals surface area contributed by atoms with Crippen LogP contribution in [0.15, 0.2) is 48.8 Å². The number of carbonyl (C=O) groups excluding carboxylic acids is 2. The van der Waals surface area contributed by atoms with Crippen LogP contribution in [0.3, 0.4) is 0 Å². The molecule has 28 heavy (non-hydrogen) atoms. The van der Waals surface area contributed by atoms with Crippen molar-refractivity contribution in [3.63, 3.8) is 0 Å². The van der Waals surface area contributed by atoms with E-state index in [-0.39, 0.29) is 11.9 Å². The van der Waals surface area contributed by atoms with Crippen molar-refractivity contribution in [2.75, 3.05) is 31.1 Å². The van der Waals surface area contributed by atoms with Crippen LogP contribution in [0.4, 0.5) is 10.5 Å². The molecule has 2 heterocycles. The second-order valence-corrected chi connectivity index (χ2v) is 7.13. The third kappa shape index (κ3) is 5.36. The van der Waals surface area contributed by atoms with E-state index in [1.807, 2.05) is 36.4 Å². The quantitative estimate of drug-likeness (QED) is 0.805. The van der Waals surface area contributed by atoms with Crippen molar-refractivity contribution in [1.82, 2.24) is 20.5 Å². The van der Waals surface area contributed by atoms with E-state index in [1.165, 1.54) is 0 Å². The minimum Gasteiger partial charge on any atom is -0.368 e. The minimum absolute atomic E-state index is 0.218. The van der Waals surface area contributed by atoms with Crippen LogP contribution in [0, 0.1) is 0 Å². The van der Waals surface area contributed by atoms with E-state index in [2.05, 4.69) is 20.5 Å². The zero-order valence-electron chi connectivity index (χ0n) is 15.8. The number of rotatable bonds is 5. The molecule has 8 heteroatoms. The predicted molar refractivity (Wildman–Crippen MR) is 109 cm³/mol. The first-order valence-corrected chi connectivity index (χ1v) is 9.63. The molecule has 0 radical (unpaired) electrons. The topological polar surface area (TPSA) is 77.6 Å². The Bertz CT molecular complexity index is 792. The predicted octanol–water partition coefficient (Wildman–Crippen LogP) is 2.27. The minimum atomic E-state index is -0.608. The van der Waals surface area contributed by atoms with Crippen LogP contribution in [-0.2, 0) is 11.3 Å². The molecule has 1 saturated heterocycles. The molecule has 148 valence electrons. The third-order valence-corrected chi connectivity index (χ3v) is 4.96. The molecule has 3 rings (SSSR count). The zero-order valence-corrected chi connectivity index (χ0v) is 16.5. The van der Waals surface area contributed by atoms with Crippen molar-refractivity contribution in [3.05, 3.63) is 59.4 Å². The second kappa shape index (κ2) is 9.41. The fraction of sp³-hybridized carbons (Fsp3) is 0.350. The summed E-state index contributed by atoms with van der Waals surface area (Å²) < 4.78 is 0. The smallest absolute Gasteiger partial charge is 0.318 e. The summed E-state index contributed by atoms with van der Waals surface area (Å²) in [6, 6.07) is 10.5. The van der Waals surface area contributed by atoms with Crippen LogP contribution in [0.5, 0.6) is 0 Å². The van der Waals surface area contributed by atoms with Crippen LogP contribution in [0.2, 0.25) is 5.02 Å². The van der Waals surface area contributed by atoms with Crippen molar-refractivity contribution in [2.24, 2.45) is 0 Å². The summed E-state index contributed by atoms with van der Waals surface area (Å²) in [6.07, 6.45) is 3.35. The van der Waals surface area contributed by atoms with E-state index < -0.39 is 6.04 Å². The van der Waals surface area contributed by atoms with Gasteiger partial charge in [-0.1, -0.05) is 11.6 Å². The van der Waals surface area contributed by atoms with Crippen LogP contribution >= 0.6 is 11.6 Å². The summed E-state index contributed by atoms with van der Waals surface area (Å²) in [5.74, 6) is -0.218. The SMILES string of the molecule is CC(NC(=O)N1CCN(c2ccc(Cl)cc2)CC1)C(=O)NCc1ccncc1. The summed E-state index contributed by atoms with van der Waals surface area (Å²) in [4.78, 5) is 32.6. The van der Waals surface area contributed by atoms with Crippen LogP contribution < -0.4 is 15.5 Å². The van der Waals surface area contributed by atoms with Crippen molar-refractivity contribution in [3.8, 4) is 0 Å². The molecule has 1 aliphatic heterocycles. The monoisotopic (exact) mass is 401 g/mol. The third-order valence-electron chi connectivity index (χ3n) is 4.71. The van der Waals surface area contributed by atoms with E-state index in [4.69, 9.17) is 11.6 Å². The molecule has 0 spiro atoms. The number of aromatic nitrogens is 1. The number of hydrogen-bond acceptors (Lipinski definition) is 4. The van der Waals surface area contributed by atoms with E-state index in [0.29, 0.717) is 24.7 Å². The molecule has 2 aromatic rings. The number of nitrogens with zero attached hydrogens (tertiary/aromatic N) is 3. The molecule has 1 atom stereocenters. The van der Waals surface area contributed by atoms with E-state index in [0.717, 1.165) is 24.3 Å². The fourth-order valence-electron chi connectivity index (χ4n) is 3.00. The highest BCUT2D eigenvalue weighted by Crippen LogP contribution is 2.19. The molecule has 7 nitrogen and oxygen atoms in total. The van der Waals surface area contributed by atoms with Gasteiger partial charge in [-0.3, -0.25) is 9.78 Å². The van der Waals surface area contributed by atoms with Crippen LogP contribution in [-0.4, -0.2) is 54.0 Å². The first kappa shape index (κ1) is 19.9. The van der Waals surface area contributed by atoms with Gasteiger partial charge >= 0.3 is 6.03 Å². The maximum absolute atomic E-state index is 12.5. The average molecular weight is 402 g/mol. The molecule has 1 fully saturated rings. The molecule has 3 amide bonds. The Morgan fingerprint density at radius 2 is 1.71 bits per heavy atom. The number of amides is 3. The van der Waals surface area contributed by atoms with E-state index in [9.17, 15) is 9.59 Å². The first-order valence-electron chi connectivity index (χ1n) is 9.25. The number of nitrogens with one attached hydrogen (secondary N) is 2. The van der Waals surface area contributed by atoms with Gasteiger partial charge in [-0.15, -0.1) is 0 Å². The van der Waals surface area contributed by atoms with Gasteiger partial charge < -0.3 is 20.4 Å². The Balaban J connectivity index is 1.43. The lowest BCUT2D eigenvalue weighted by Crippen LogP contribution is -2.55. The number of carbonyl (C=O) groups is 2. The highest BCUT2D eigenvalue weighted by molar-refractivity contribution is 6.30. The van der Waals surface area contributed by atoms with Gasteiger partial charge in [0.2, 0.25) is 5.91 Å². The molecule has 1 aromatic carbocycles. The zero-order chi connectivity index (χ0) is 19.9. The summed E-state index contributed by atoms with van der Waals surface area (Å²) >= 11 is 5.93. The number of piperazine rings is 1. The first-order chi connectivity index (χ1) is 13.5. The Hall–Kier alpha value is -2.80. The molecule has 0 saturated carbocycles. The standard InChI is InChI=1S/C20H24ClN5O2/c1-15(19(27)23-14-16-6-8-22-9-7-16)24-20(28)26-12-10-25(11-13-26)18-4-2-17(21)3-5-18/h2-9,15H,10-14H2,1H3,(H,23,27)(H,24,28). The Morgan fingerprint density at radius 3 is 2.36 bits per heavy atom. The second-order valence-electron chi connectivity index (χ2n) is 6.69. The van der Waals surface area contributed by atoms with Gasteiger partial charge in [-0.2, -0.15) is 0 Å². The maximum atomic E-state index is 12.5. The van der Waals surface area contributed by atoms with Gasteiger partial charge in [0, 0.05) is 55.8 Å². The normalized spacial score (nSPS) is 15.1. The van der Waals surface area contributed by atoms with Crippen molar-refractivity contribution in [2.45, 2.75) is 19.5 Å². The molecule has 2 N–H and O–H groups in total. The van der Waals surface area contributed by atoms with Gasteiger partial charge in [-0.05, 0) is 48.9 Å². The number of halogens is 1. The summed E-state index contributed by atoms with van der Waals surface area (Å²) in [7, 11) is 0. The molecule has 1 unspecified atom stereocenters. The lowest BCUT2D eigenvalue weighted by atomic mass is 10.2. The maximum Gasteiger partial charge on any atom is 0.318 e. The fourth-order valence-corrected chi connectivity index (χ4v) is 3.13. The number of pyridine rings is 1. The highest BCUT2D eigenvalue weighted by Gasteiger charge is 2.24. The molecular weight excluding hydrogens is 378 g/mol. The Labute approximate surface area is 169 Å². The van der Waals surface area contributed by atoms with Crippen molar-refractivity contribution >= 4 is 29.2 Å². The van der Waals surface area contributed by atoms with Crippen molar-refractivity contribution < 1.29 is 9.59 Å². The lowest BCUT2D eigenvalue weighted by Gasteiger charge is -2.36. The summed E-state index contributed by atoms with van der Waals surface area (Å²) in [5, 5.41) is 6.30. The van der Waals surface area contributed by atoms with Crippen molar-refractivity contribution in [1.29, 1.82) is 0 Å². The van der Waals surface area contributed by atoms with Gasteiger partial charge in [0.1, 0.15) is 6.04 Å². The molecular formula is C20H24ClN5O2. The largest absolute Gasteiger partial charge is 0.368 e. The Morgan fingerprint density at radius 1 is 1.07 bits per heavy atom. The van der Waals surface area contributed by atoms with Crippen LogP contribution in [0.25, 0.3) is 0 Å². The highest BCUT2D eigenvalue weighted by atomic mass is 35.5. The number of urea groups is 1. The van der Waals surface area contributed by atoms with Gasteiger partial charge in [0.15, 0.2) is 0 Å². The van der Waals surface area contributed by atoms with Gasteiger partial charge in [0.25, 0.3) is 0 Å². The lowest BCUT2D eigenvalue weighted by molar-refractivity contribution is -0.122. The van der Waals surface area contributed by atoms with E-state index >= 15 is 0 Å². The number of hydrogen-bond donors (Lipinski definition) is 2. The van der Waals surface area contributed by atoms with Gasteiger partial charge in [-0.25, -0.2) is 4.79 Å².